The average molecular weight is 475 g/mol. The Kier molecular flexibility index (Phi) is 13.3. The van der Waals surface area contributed by atoms with Gasteiger partial charge in [-0.2, -0.15) is 0 Å². The highest BCUT2D eigenvalue weighted by Crippen LogP contribution is 2.10. The molecule has 0 heterocycles. The number of carbonyl (C=O) groups excluding carboxylic acids is 5. The second kappa shape index (κ2) is 14.7. The highest BCUT2D eigenvalue weighted by atomic mass is 16.4. The number of nitrogens with one attached hydrogen (secondary N) is 3. The van der Waals surface area contributed by atoms with Crippen molar-refractivity contribution in [3.63, 3.8) is 0 Å². The molecule has 0 rings (SSSR count). The first-order valence-corrected chi connectivity index (χ1v) is 10.4. The van der Waals surface area contributed by atoms with E-state index in [2.05, 4.69) is 16.0 Å². The SMILES string of the molecule is CCC(C)C(NC(=O)C(CO)NC(=O)C(N)CCC(N)=O)C(=O)NC(CCC(N)=O)C(=O)O. The summed E-state index contributed by atoms with van der Waals surface area (Å²) in [5.41, 5.74) is 15.7. The molecule has 0 saturated carbocycles. The van der Waals surface area contributed by atoms with Crippen molar-refractivity contribution in [2.75, 3.05) is 6.61 Å². The number of aliphatic hydroxyl groups is 1. The summed E-state index contributed by atoms with van der Waals surface area (Å²) in [6.45, 7) is 2.56. The zero-order chi connectivity index (χ0) is 25.7. The molecule has 0 aliphatic rings. The van der Waals surface area contributed by atoms with Gasteiger partial charge in [-0.1, -0.05) is 20.3 Å². The average Bonchev–Trinajstić information content (AvgIpc) is 2.75. The van der Waals surface area contributed by atoms with Crippen molar-refractivity contribution in [3.8, 4) is 0 Å². The predicted molar refractivity (Wildman–Crippen MR) is 115 cm³/mol. The summed E-state index contributed by atoms with van der Waals surface area (Å²) in [5, 5.41) is 25.7. The van der Waals surface area contributed by atoms with Crippen LogP contribution in [0.4, 0.5) is 0 Å². The van der Waals surface area contributed by atoms with Crippen LogP contribution in [-0.4, -0.2) is 76.5 Å². The zero-order valence-corrected chi connectivity index (χ0v) is 18.7. The third-order valence-corrected chi connectivity index (χ3v) is 4.94. The lowest BCUT2D eigenvalue weighted by Crippen LogP contribution is -2.59. The van der Waals surface area contributed by atoms with Crippen molar-refractivity contribution in [2.45, 2.75) is 70.1 Å². The lowest BCUT2D eigenvalue weighted by atomic mass is 9.97. The van der Waals surface area contributed by atoms with Crippen molar-refractivity contribution >= 4 is 35.5 Å². The van der Waals surface area contributed by atoms with E-state index >= 15 is 0 Å². The first-order chi connectivity index (χ1) is 15.3. The van der Waals surface area contributed by atoms with E-state index in [1.165, 1.54) is 0 Å². The van der Waals surface area contributed by atoms with E-state index in [4.69, 9.17) is 17.2 Å². The van der Waals surface area contributed by atoms with Gasteiger partial charge < -0.3 is 43.4 Å². The molecule has 0 aromatic rings. The van der Waals surface area contributed by atoms with Crippen LogP contribution in [0.5, 0.6) is 0 Å². The number of hydrogen-bond donors (Lipinski definition) is 8. The molecule has 14 nitrogen and oxygen atoms in total. The van der Waals surface area contributed by atoms with E-state index in [0.29, 0.717) is 6.42 Å². The van der Waals surface area contributed by atoms with Crippen molar-refractivity contribution in [1.29, 1.82) is 0 Å². The summed E-state index contributed by atoms with van der Waals surface area (Å²) in [7, 11) is 0. The highest BCUT2D eigenvalue weighted by molar-refractivity contribution is 5.94. The number of aliphatic carboxylic acids is 1. The quantitative estimate of drug-likeness (QED) is 0.110. The number of aliphatic hydroxyl groups excluding tert-OH is 1. The Morgan fingerprint density at radius 3 is 1.79 bits per heavy atom. The second-order valence-electron chi connectivity index (χ2n) is 7.63. The minimum atomic E-state index is -1.46. The summed E-state index contributed by atoms with van der Waals surface area (Å²) in [5.74, 6) is -5.78. The summed E-state index contributed by atoms with van der Waals surface area (Å²) >= 11 is 0. The first-order valence-electron chi connectivity index (χ1n) is 10.4. The van der Waals surface area contributed by atoms with Crippen molar-refractivity contribution < 1.29 is 39.0 Å². The summed E-state index contributed by atoms with van der Waals surface area (Å²) in [4.78, 5) is 70.6. The van der Waals surface area contributed by atoms with Crippen LogP contribution >= 0.6 is 0 Å². The van der Waals surface area contributed by atoms with Gasteiger partial charge in [0.2, 0.25) is 29.5 Å². The molecule has 5 atom stereocenters. The van der Waals surface area contributed by atoms with Gasteiger partial charge in [0.25, 0.3) is 0 Å². The Morgan fingerprint density at radius 2 is 1.33 bits per heavy atom. The normalized spacial score (nSPS) is 15.3. The first kappa shape index (κ1) is 29.7. The lowest BCUT2D eigenvalue weighted by Gasteiger charge is -2.27. The lowest BCUT2D eigenvalue weighted by molar-refractivity contribution is -0.143. The minimum absolute atomic E-state index is 0.0687. The van der Waals surface area contributed by atoms with E-state index < -0.39 is 72.2 Å². The van der Waals surface area contributed by atoms with Crippen LogP contribution in [0.1, 0.15) is 46.0 Å². The number of hydrogen-bond acceptors (Lipinski definition) is 8. The molecule has 0 saturated heterocycles. The summed E-state index contributed by atoms with van der Waals surface area (Å²) in [6, 6.07) is -5.23. The third kappa shape index (κ3) is 11.2. The number of rotatable bonds is 16. The van der Waals surface area contributed by atoms with Gasteiger partial charge in [0.1, 0.15) is 18.1 Å². The maximum Gasteiger partial charge on any atom is 0.326 e. The van der Waals surface area contributed by atoms with Crippen molar-refractivity contribution in [1.82, 2.24) is 16.0 Å². The molecular formula is C19H34N6O8. The standard InChI is InChI=1S/C19H34N6O8/c1-3-9(2)15(18(31)23-11(19(32)33)5-7-14(22)28)25-17(30)12(8-26)24-16(29)10(20)4-6-13(21)27/h9-12,15,26H,3-8,20H2,1-2H3,(H2,21,27)(H2,22,28)(H,23,31)(H,24,29)(H,25,30)(H,32,33). The molecule has 11 N–H and O–H groups in total. The van der Waals surface area contributed by atoms with E-state index in [1.807, 2.05) is 0 Å². The van der Waals surface area contributed by atoms with Crippen molar-refractivity contribution in [3.05, 3.63) is 0 Å². The molecule has 188 valence electrons. The fraction of sp³-hybridized carbons (Fsp3) is 0.684. The van der Waals surface area contributed by atoms with E-state index in [-0.39, 0.29) is 25.7 Å². The third-order valence-electron chi connectivity index (χ3n) is 4.94. The monoisotopic (exact) mass is 474 g/mol. The predicted octanol–water partition coefficient (Wildman–Crippen LogP) is -3.58. The molecule has 0 aliphatic heterocycles. The molecule has 0 aromatic heterocycles. The maximum absolute atomic E-state index is 12.7. The molecule has 0 radical (unpaired) electrons. The number of nitrogens with two attached hydrogens (primary N) is 3. The van der Waals surface area contributed by atoms with Crippen LogP contribution in [0.15, 0.2) is 0 Å². The van der Waals surface area contributed by atoms with E-state index in [0.717, 1.165) is 0 Å². The Hall–Kier alpha value is -3.26. The summed E-state index contributed by atoms with van der Waals surface area (Å²) < 4.78 is 0. The number of carboxylic acids is 1. The maximum atomic E-state index is 12.7. The number of carboxylic acid groups (broad SMARTS) is 1. The van der Waals surface area contributed by atoms with E-state index in [9.17, 15) is 39.0 Å². The zero-order valence-electron chi connectivity index (χ0n) is 18.7. The molecule has 14 heteroatoms. The van der Waals surface area contributed by atoms with Crippen LogP contribution in [0.2, 0.25) is 0 Å². The fourth-order valence-corrected chi connectivity index (χ4v) is 2.66. The minimum Gasteiger partial charge on any atom is -0.480 e. The molecule has 5 amide bonds. The van der Waals surface area contributed by atoms with Crippen molar-refractivity contribution in [2.24, 2.45) is 23.1 Å². The van der Waals surface area contributed by atoms with Crippen LogP contribution < -0.4 is 33.2 Å². The highest BCUT2D eigenvalue weighted by Gasteiger charge is 2.32. The van der Waals surface area contributed by atoms with Gasteiger partial charge in [0, 0.05) is 12.8 Å². The van der Waals surface area contributed by atoms with Gasteiger partial charge in [0.05, 0.1) is 12.6 Å². The van der Waals surface area contributed by atoms with Crippen LogP contribution in [0.25, 0.3) is 0 Å². The van der Waals surface area contributed by atoms with Crippen LogP contribution in [0, 0.1) is 5.92 Å². The van der Waals surface area contributed by atoms with Crippen LogP contribution in [0.3, 0.4) is 0 Å². The second-order valence-corrected chi connectivity index (χ2v) is 7.63. The smallest absolute Gasteiger partial charge is 0.326 e. The molecule has 0 bridgehead atoms. The molecule has 5 unspecified atom stereocenters. The fourth-order valence-electron chi connectivity index (χ4n) is 2.66. The van der Waals surface area contributed by atoms with Gasteiger partial charge in [-0.3, -0.25) is 24.0 Å². The molecule has 0 aromatic carbocycles. The Balaban J connectivity index is 5.29. The molecular weight excluding hydrogens is 440 g/mol. The van der Waals surface area contributed by atoms with Gasteiger partial charge in [-0.25, -0.2) is 4.79 Å². The van der Waals surface area contributed by atoms with Gasteiger partial charge in [-0.15, -0.1) is 0 Å². The molecule has 33 heavy (non-hydrogen) atoms. The largest absolute Gasteiger partial charge is 0.480 e. The van der Waals surface area contributed by atoms with Gasteiger partial charge in [0.15, 0.2) is 0 Å². The van der Waals surface area contributed by atoms with Crippen LogP contribution in [-0.2, 0) is 28.8 Å². The Morgan fingerprint density at radius 1 is 0.818 bits per heavy atom. The van der Waals surface area contributed by atoms with E-state index in [1.54, 1.807) is 13.8 Å². The topological polar surface area (TPSA) is 257 Å². The number of primary amides is 2. The summed E-state index contributed by atoms with van der Waals surface area (Å²) in [6.07, 6.45) is -0.310. The number of carbonyl (C=O) groups is 6. The molecule has 0 aliphatic carbocycles. The van der Waals surface area contributed by atoms with Gasteiger partial charge in [-0.05, 0) is 18.8 Å². The number of amides is 5. The molecule has 0 fully saturated rings. The molecule has 0 spiro atoms. The van der Waals surface area contributed by atoms with Gasteiger partial charge >= 0.3 is 5.97 Å². The Bertz CT molecular complexity index is 731. The Labute approximate surface area is 191 Å².